The van der Waals surface area contributed by atoms with Crippen LogP contribution in [0.1, 0.15) is 61.6 Å². The Hall–Kier alpha value is -6.60. The molecule has 10 rings (SSSR count). The Bertz CT molecular complexity index is 2880. The van der Waals surface area contributed by atoms with Gasteiger partial charge in [0.1, 0.15) is 0 Å². The summed E-state index contributed by atoms with van der Waals surface area (Å²) in [6.45, 7) is 8.04. The second kappa shape index (κ2) is 12.7. The van der Waals surface area contributed by atoms with Crippen LogP contribution in [0.5, 0.6) is 0 Å². The van der Waals surface area contributed by atoms with Crippen molar-refractivity contribution in [2.45, 2.75) is 38.8 Å². The fourth-order valence-corrected chi connectivity index (χ4v) is 8.89. The number of hydroxylamine groups is 2. The summed E-state index contributed by atoms with van der Waals surface area (Å²) < 4.78 is 0. The molecular formula is C50H40N5O. The topological polar surface area (TPSA) is 80.5 Å². The largest absolute Gasteiger partial charge is 0.354 e. The van der Waals surface area contributed by atoms with Gasteiger partial charge in [-0.1, -0.05) is 103 Å². The maximum Gasteiger partial charge on any atom is 0.0737 e. The molecule has 0 saturated carbocycles. The van der Waals surface area contributed by atoms with E-state index in [1.54, 1.807) is 0 Å². The highest BCUT2D eigenvalue weighted by molar-refractivity contribution is 5.99. The lowest BCUT2D eigenvalue weighted by Gasteiger charge is -2.32. The average molecular weight is 727 g/mol. The number of benzene rings is 4. The highest BCUT2D eigenvalue weighted by atomic mass is 16.5. The third-order valence-corrected chi connectivity index (χ3v) is 11.6. The molecule has 0 fully saturated rings. The Morgan fingerprint density at radius 2 is 0.750 bits per heavy atom. The van der Waals surface area contributed by atoms with Crippen LogP contribution in [0.25, 0.3) is 90.9 Å². The van der Waals surface area contributed by atoms with E-state index in [2.05, 4.69) is 150 Å². The van der Waals surface area contributed by atoms with E-state index in [-0.39, 0.29) is 0 Å². The second-order valence-corrected chi connectivity index (χ2v) is 15.8. The molecule has 56 heavy (non-hydrogen) atoms. The van der Waals surface area contributed by atoms with Crippen LogP contribution >= 0.6 is 0 Å². The monoisotopic (exact) mass is 726 g/mol. The van der Waals surface area contributed by atoms with Crippen molar-refractivity contribution in [3.8, 4) is 44.5 Å². The average Bonchev–Trinajstić information content (AvgIpc) is 4.07. The summed E-state index contributed by atoms with van der Waals surface area (Å²) in [5.74, 6) is 0. The van der Waals surface area contributed by atoms with Gasteiger partial charge < -0.3 is 9.97 Å². The van der Waals surface area contributed by atoms with Crippen molar-refractivity contribution in [2.24, 2.45) is 0 Å². The highest BCUT2D eigenvalue weighted by Crippen LogP contribution is 2.50. The normalized spacial score (nSPS) is 15.3. The predicted molar refractivity (Wildman–Crippen MR) is 229 cm³/mol. The van der Waals surface area contributed by atoms with E-state index in [9.17, 15) is 5.21 Å². The summed E-state index contributed by atoms with van der Waals surface area (Å²) in [7, 11) is 0. The summed E-state index contributed by atoms with van der Waals surface area (Å²) >= 11 is 0. The smallest absolute Gasteiger partial charge is 0.0737 e. The lowest BCUT2D eigenvalue weighted by molar-refractivity contribution is -0.266. The molecule has 0 saturated heterocycles. The maximum atomic E-state index is 13.7. The number of H-pyrrole nitrogens is 2. The number of hydrogen-bond donors (Lipinski definition) is 2. The van der Waals surface area contributed by atoms with E-state index >= 15 is 0 Å². The van der Waals surface area contributed by atoms with E-state index in [4.69, 9.17) is 9.97 Å². The Morgan fingerprint density at radius 1 is 0.411 bits per heavy atom. The number of aromatic amines is 2. The quantitative estimate of drug-likeness (QED) is 0.189. The molecule has 0 unspecified atom stereocenters. The molecule has 6 heteroatoms. The van der Waals surface area contributed by atoms with Crippen molar-refractivity contribution in [1.29, 1.82) is 0 Å². The van der Waals surface area contributed by atoms with E-state index in [0.29, 0.717) is 0 Å². The summed E-state index contributed by atoms with van der Waals surface area (Å²) in [5, 5.41) is 14.9. The van der Waals surface area contributed by atoms with Crippen molar-refractivity contribution in [2.75, 3.05) is 0 Å². The molecule has 1 radical (unpaired) electrons. The van der Waals surface area contributed by atoms with E-state index in [1.807, 2.05) is 45.9 Å². The summed E-state index contributed by atoms with van der Waals surface area (Å²) in [4.78, 5) is 18.5. The van der Waals surface area contributed by atoms with Gasteiger partial charge in [0.05, 0.1) is 33.9 Å². The van der Waals surface area contributed by atoms with Crippen LogP contribution in [-0.4, -0.2) is 25.0 Å². The van der Waals surface area contributed by atoms with Crippen LogP contribution in [-0.2, 0) is 16.3 Å². The Labute approximate surface area is 326 Å². The number of aromatic nitrogens is 4. The molecule has 0 aliphatic carbocycles. The highest BCUT2D eigenvalue weighted by Gasteiger charge is 2.50. The van der Waals surface area contributed by atoms with Crippen LogP contribution in [0.3, 0.4) is 0 Å². The summed E-state index contributed by atoms with van der Waals surface area (Å²) in [6, 6.07) is 46.4. The first kappa shape index (κ1) is 33.9. The van der Waals surface area contributed by atoms with E-state index in [0.717, 1.165) is 100 Å². The first-order valence-corrected chi connectivity index (χ1v) is 19.1. The van der Waals surface area contributed by atoms with Crippen molar-refractivity contribution >= 4 is 46.4 Å². The zero-order chi connectivity index (χ0) is 38.2. The van der Waals surface area contributed by atoms with Gasteiger partial charge in [0.2, 0.25) is 0 Å². The molecule has 3 aromatic heterocycles. The minimum atomic E-state index is -0.705. The van der Waals surface area contributed by atoms with Gasteiger partial charge in [-0.3, -0.25) is 0 Å². The first-order valence-electron chi connectivity index (χ1n) is 19.1. The number of rotatable bonds is 4. The maximum absolute atomic E-state index is 13.7. The van der Waals surface area contributed by atoms with Crippen molar-refractivity contribution in [1.82, 2.24) is 25.0 Å². The minimum Gasteiger partial charge on any atom is -0.354 e. The molecule has 3 aliphatic rings. The lowest BCUT2D eigenvalue weighted by Crippen LogP contribution is -2.41. The van der Waals surface area contributed by atoms with Crippen molar-refractivity contribution < 1.29 is 5.21 Å². The molecule has 2 N–H and O–H groups in total. The van der Waals surface area contributed by atoms with Gasteiger partial charge >= 0.3 is 0 Å². The zero-order valence-corrected chi connectivity index (χ0v) is 31.8. The molecule has 0 amide bonds. The molecule has 7 aromatic rings. The van der Waals surface area contributed by atoms with Crippen LogP contribution in [0.15, 0.2) is 133 Å². The molecule has 271 valence electrons. The molecule has 0 atom stereocenters. The predicted octanol–water partition coefficient (Wildman–Crippen LogP) is 12.5. The van der Waals surface area contributed by atoms with Crippen LogP contribution in [0.2, 0.25) is 0 Å². The SMILES string of the molecule is CC1(C)c2ccc(-c3c4nc(c(-c5ccccc5)c5ccc([nH]5)c(-c5ccccc5)c5nc(c(-c6ccccc6)c6ccc3[nH]6)C=C5)C=C4)cc2C(C)(C)N1[O]. The third-order valence-electron chi connectivity index (χ3n) is 11.6. The first-order chi connectivity index (χ1) is 27.2. The second-order valence-electron chi connectivity index (χ2n) is 15.8. The molecule has 4 aromatic carbocycles. The van der Waals surface area contributed by atoms with Crippen molar-refractivity contribution in [3.63, 3.8) is 0 Å². The Balaban J connectivity index is 1.37. The molecule has 6 heterocycles. The number of nitrogens with zero attached hydrogens (tertiary/aromatic N) is 3. The van der Waals surface area contributed by atoms with E-state index in [1.165, 1.54) is 5.06 Å². The van der Waals surface area contributed by atoms with Gasteiger partial charge in [0.25, 0.3) is 0 Å². The fraction of sp³-hybridized carbons (Fsp3) is 0.120. The van der Waals surface area contributed by atoms with Gasteiger partial charge in [0, 0.05) is 44.3 Å². The zero-order valence-electron chi connectivity index (χ0n) is 31.8. The molecular weight excluding hydrogens is 687 g/mol. The summed E-state index contributed by atoms with van der Waals surface area (Å²) in [5.41, 5.74) is 16.1. The van der Waals surface area contributed by atoms with Crippen molar-refractivity contribution in [3.05, 3.63) is 167 Å². The fourth-order valence-electron chi connectivity index (χ4n) is 8.89. The lowest BCUT2D eigenvalue weighted by atomic mass is 9.87. The van der Waals surface area contributed by atoms with Crippen LogP contribution in [0.4, 0.5) is 0 Å². The summed E-state index contributed by atoms with van der Waals surface area (Å²) in [6.07, 6.45) is 8.49. The van der Waals surface area contributed by atoms with Gasteiger partial charge in [-0.25, -0.2) is 9.97 Å². The Morgan fingerprint density at radius 3 is 1.12 bits per heavy atom. The third kappa shape index (κ3) is 5.33. The van der Waals surface area contributed by atoms with Gasteiger partial charge in [-0.05, 0) is 116 Å². The Kier molecular flexibility index (Phi) is 7.72. The standard InChI is InChI=1S/C50H40N5O/c1-49(2)35-21-20-34(30-36(35)50(3,4)55(49)56)48-43-28-26-41(53-43)46(32-16-10-6-11-17-32)39-24-22-37(51-39)45(31-14-8-5-9-15-31)38-23-25-40(52-38)47(33-18-12-7-13-19-33)42-27-29-44(48)54-42/h5-30,51,54H,1-4H3. The molecule has 3 aliphatic heterocycles. The number of nitrogens with one attached hydrogen (secondary N) is 2. The van der Waals surface area contributed by atoms with Crippen LogP contribution in [0, 0.1) is 0 Å². The van der Waals surface area contributed by atoms with Crippen LogP contribution < -0.4 is 0 Å². The number of fused-ring (bicyclic) bond motifs is 9. The van der Waals surface area contributed by atoms with Gasteiger partial charge in [-0.2, -0.15) is 0 Å². The van der Waals surface area contributed by atoms with Gasteiger partial charge in [-0.15, -0.1) is 10.3 Å². The molecule has 6 nitrogen and oxygen atoms in total. The molecule has 0 spiro atoms. The van der Waals surface area contributed by atoms with Gasteiger partial charge in [0.15, 0.2) is 0 Å². The number of hydrogen-bond acceptors (Lipinski definition) is 3. The minimum absolute atomic E-state index is 0.648. The molecule has 8 bridgehead atoms. The van der Waals surface area contributed by atoms with E-state index < -0.39 is 11.1 Å².